The van der Waals surface area contributed by atoms with E-state index in [-0.39, 0.29) is 24.0 Å². The molecule has 0 bridgehead atoms. The van der Waals surface area contributed by atoms with Gasteiger partial charge in [-0.25, -0.2) is 0 Å². The molecule has 5 nitrogen and oxygen atoms in total. The van der Waals surface area contributed by atoms with E-state index in [1.165, 1.54) is 0 Å². The Kier molecular flexibility index (Phi) is 6.88. The van der Waals surface area contributed by atoms with Crippen LogP contribution in [0.4, 0.5) is 13.2 Å². The first-order chi connectivity index (χ1) is 11.2. The maximum absolute atomic E-state index is 12.2. The van der Waals surface area contributed by atoms with Gasteiger partial charge in [0.1, 0.15) is 6.61 Å². The van der Waals surface area contributed by atoms with Crippen LogP contribution >= 0.6 is 0 Å². The average Bonchev–Trinajstić information content (AvgIpc) is 2.97. The minimum atomic E-state index is -4.29. The van der Waals surface area contributed by atoms with Gasteiger partial charge in [-0.2, -0.15) is 13.2 Å². The third-order valence-electron chi connectivity index (χ3n) is 4.88. The van der Waals surface area contributed by atoms with Gasteiger partial charge in [-0.3, -0.25) is 9.69 Å². The fourth-order valence-corrected chi connectivity index (χ4v) is 3.67. The zero-order chi connectivity index (χ0) is 17.7. The summed E-state index contributed by atoms with van der Waals surface area (Å²) in [5, 5.41) is 6.34. The van der Waals surface area contributed by atoms with Crippen LogP contribution in [0.3, 0.4) is 0 Å². The van der Waals surface area contributed by atoms with Crippen molar-refractivity contribution in [2.24, 2.45) is 0 Å². The number of rotatable bonds is 6. The zero-order valence-electron chi connectivity index (χ0n) is 14.4. The molecule has 0 saturated carbocycles. The molecule has 2 aliphatic rings. The molecule has 2 rings (SSSR count). The van der Waals surface area contributed by atoms with Crippen LogP contribution in [0.1, 0.15) is 39.0 Å². The van der Waals surface area contributed by atoms with Gasteiger partial charge in [-0.1, -0.05) is 0 Å². The Balaban J connectivity index is 1.73. The number of halogens is 3. The molecule has 2 aliphatic heterocycles. The zero-order valence-corrected chi connectivity index (χ0v) is 14.4. The Morgan fingerprint density at radius 3 is 2.71 bits per heavy atom. The number of likely N-dealkylation sites (tertiary alicyclic amines) is 1. The Bertz CT molecular complexity index is 414. The molecule has 0 aliphatic carbocycles. The first-order valence-corrected chi connectivity index (χ1v) is 8.66. The molecule has 140 valence electrons. The number of hydrogen-bond donors (Lipinski definition) is 2. The monoisotopic (exact) mass is 351 g/mol. The van der Waals surface area contributed by atoms with Crippen molar-refractivity contribution in [3.8, 4) is 0 Å². The van der Waals surface area contributed by atoms with E-state index in [0.717, 1.165) is 19.4 Å². The lowest BCUT2D eigenvalue weighted by Crippen LogP contribution is -2.54. The van der Waals surface area contributed by atoms with Gasteiger partial charge in [-0.15, -0.1) is 0 Å². The SMILES string of the molecule is CC(NC(=O)CC1CCCN1)C1CCC(OCC(F)(F)F)CN1C. The van der Waals surface area contributed by atoms with Crippen LogP contribution < -0.4 is 10.6 Å². The van der Waals surface area contributed by atoms with E-state index in [0.29, 0.717) is 25.8 Å². The second-order valence-corrected chi connectivity index (χ2v) is 6.99. The summed E-state index contributed by atoms with van der Waals surface area (Å²) in [6.07, 6.45) is -0.777. The number of carbonyl (C=O) groups is 1. The van der Waals surface area contributed by atoms with Crippen LogP contribution in [0.25, 0.3) is 0 Å². The topological polar surface area (TPSA) is 53.6 Å². The molecule has 8 heteroatoms. The number of likely N-dealkylation sites (N-methyl/N-ethyl adjacent to an activating group) is 1. The quantitative estimate of drug-likeness (QED) is 0.764. The Labute approximate surface area is 141 Å². The van der Waals surface area contributed by atoms with E-state index in [2.05, 4.69) is 10.6 Å². The fraction of sp³-hybridized carbons (Fsp3) is 0.938. The fourth-order valence-electron chi connectivity index (χ4n) is 3.67. The number of carbonyl (C=O) groups excluding carboxylic acids is 1. The van der Waals surface area contributed by atoms with Gasteiger partial charge in [0, 0.05) is 31.1 Å². The van der Waals surface area contributed by atoms with Crippen molar-refractivity contribution < 1.29 is 22.7 Å². The first kappa shape index (κ1) is 19.5. The van der Waals surface area contributed by atoms with E-state index >= 15 is 0 Å². The average molecular weight is 351 g/mol. The highest BCUT2D eigenvalue weighted by atomic mass is 19.4. The summed E-state index contributed by atoms with van der Waals surface area (Å²) in [7, 11) is 1.87. The van der Waals surface area contributed by atoms with Crippen LogP contribution in [-0.4, -0.2) is 68.0 Å². The number of nitrogens with one attached hydrogen (secondary N) is 2. The molecular formula is C16H28F3N3O2. The lowest BCUT2D eigenvalue weighted by atomic mass is 9.95. The van der Waals surface area contributed by atoms with E-state index in [9.17, 15) is 18.0 Å². The predicted molar refractivity (Wildman–Crippen MR) is 84.7 cm³/mol. The smallest absolute Gasteiger partial charge is 0.367 e. The summed E-state index contributed by atoms with van der Waals surface area (Å²) in [5.74, 6) is 0.0331. The van der Waals surface area contributed by atoms with Crippen LogP contribution in [0.15, 0.2) is 0 Å². The van der Waals surface area contributed by atoms with Gasteiger partial charge in [0.2, 0.25) is 5.91 Å². The van der Waals surface area contributed by atoms with E-state index in [4.69, 9.17) is 4.74 Å². The predicted octanol–water partition coefficient (Wildman–Crippen LogP) is 1.67. The van der Waals surface area contributed by atoms with Crippen molar-refractivity contribution in [1.82, 2.24) is 15.5 Å². The first-order valence-electron chi connectivity index (χ1n) is 8.66. The van der Waals surface area contributed by atoms with Gasteiger partial charge in [-0.05, 0) is 46.2 Å². The number of amides is 1. The van der Waals surface area contributed by atoms with Gasteiger partial charge in [0.05, 0.1) is 6.10 Å². The molecule has 24 heavy (non-hydrogen) atoms. The number of piperidine rings is 1. The van der Waals surface area contributed by atoms with E-state index in [1.807, 2.05) is 18.9 Å². The van der Waals surface area contributed by atoms with E-state index in [1.54, 1.807) is 0 Å². The van der Waals surface area contributed by atoms with Crippen LogP contribution in [-0.2, 0) is 9.53 Å². The van der Waals surface area contributed by atoms with Crippen molar-refractivity contribution in [2.45, 2.75) is 69.4 Å². The second kappa shape index (κ2) is 8.49. The van der Waals surface area contributed by atoms with Crippen LogP contribution in [0, 0.1) is 0 Å². The van der Waals surface area contributed by atoms with Crippen molar-refractivity contribution >= 4 is 5.91 Å². The van der Waals surface area contributed by atoms with E-state index < -0.39 is 18.9 Å². The lowest BCUT2D eigenvalue weighted by molar-refractivity contribution is -0.190. The molecule has 0 aromatic carbocycles. The minimum Gasteiger partial charge on any atom is -0.367 e. The van der Waals surface area contributed by atoms with Crippen LogP contribution in [0.5, 0.6) is 0 Å². The van der Waals surface area contributed by atoms with Crippen molar-refractivity contribution in [1.29, 1.82) is 0 Å². The summed E-state index contributed by atoms with van der Waals surface area (Å²) in [6.45, 7) is 2.18. The third-order valence-corrected chi connectivity index (χ3v) is 4.88. The highest BCUT2D eigenvalue weighted by Crippen LogP contribution is 2.23. The lowest BCUT2D eigenvalue weighted by Gasteiger charge is -2.40. The summed E-state index contributed by atoms with van der Waals surface area (Å²) in [6, 6.07) is 0.352. The van der Waals surface area contributed by atoms with Crippen molar-refractivity contribution in [3.05, 3.63) is 0 Å². The molecule has 2 heterocycles. The molecule has 2 fully saturated rings. The number of ether oxygens (including phenoxy) is 1. The number of hydrogen-bond acceptors (Lipinski definition) is 4. The Morgan fingerprint density at radius 1 is 1.38 bits per heavy atom. The minimum absolute atomic E-state index is 0.0331. The molecule has 0 aromatic rings. The van der Waals surface area contributed by atoms with Gasteiger partial charge < -0.3 is 15.4 Å². The molecule has 2 N–H and O–H groups in total. The molecule has 2 saturated heterocycles. The van der Waals surface area contributed by atoms with Gasteiger partial charge >= 0.3 is 6.18 Å². The molecule has 0 radical (unpaired) electrons. The van der Waals surface area contributed by atoms with Crippen LogP contribution in [0.2, 0.25) is 0 Å². The maximum Gasteiger partial charge on any atom is 0.411 e. The largest absolute Gasteiger partial charge is 0.411 e. The summed E-state index contributed by atoms with van der Waals surface area (Å²) < 4.78 is 41.6. The second-order valence-electron chi connectivity index (χ2n) is 6.99. The van der Waals surface area contributed by atoms with Crippen molar-refractivity contribution in [2.75, 3.05) is 26.7 Å². The molecule has 4 atom stereocenters. The maximum atomic E-state index is 12.2. The normalized spacial score (nSPS) is 30.3. The summed E-state index contributed by atoms with van der Waals surface area (Å²) >= 11 is 0. The molecular weight excluding hydrogens is 323 g/mol. The highest BCUT2D eigenvalue weighted by molar-refractivity contribution is 5.77. The highest BCUT2D eigenvalue weighted by Gasteiger charge is 2.34. The van der Waals surface area contributed by atoms with Crippen molar-refractivity contribution in [3.63, 3.8) is 0 Å². The molecule has 0 spiro atoms. The Morgan fingerprint density at radius 2 is 2.12 bits per heavy atom. The molecule has 0 aromatic heterocycles. The van der Waals surface area contributed by atoms with Gasteiger partial charge in [0.15, 0.2) is 0 Å². The Hall–Kier alpha value is -0.860. The third kappa shape index (κ3) is 6.22. The summed E-state index contributed by atoms with van der Waals surface area (Å²) in [5.41, 5.74) is 0. The molecule has 4 unspecified atom stereocenters. The molecule has 1 amide bonds. The standard InChI is InChI=1S/C16H28F3N3O2/c1-11(21-15(23)8-12-4-3-7-20-12)14-6-5-13(9-22(14)2)24-10-16(17,18)19/h11-14,20H,3-10H2,1-2H3,(H,21,23). The summed E-state index contributed by atoms with van der Waals surface area (Å²) in [4.78, 5) is 14.1. The number of nitrogens with zero attached hydrogens (tertiary/aromatic N) is 1. The van der Waals surface area contributed by atoms with Gasteiger partial charge in [0.25, 0.3) is 0 Å². The number of alkyl halides is 3.